The molecule has 0 atom stereocenters. The number of benzene rings is 1. The number of halogens is 2. The summed E-state index contributed by atoms with van der Waals surface area (Å²) in [5.74, 6) is -0.0781. The van der Waals surface area contributed by atoms with Gasteiger partial charge in [0.05, 0.1) is 10.7 Å². The van der Waals surface area contributed by atoms with Crippen LogP contribution in [-0.4, -0.2) is 5.11 Å². The van der Waals surface area contributed by atoms with E-state index in [9.17, 15) is 0 Å². The number of hydrogen-bond acceptors (Lipinski definition) is 2. The average Bonchev–Trinajstić information content (AvgIpc) is 1.97. The van der Waals surface area contributed by atoms with Gasteiger partial charge in [-0.05, 0) is 12.5 Å². The first-order valence-electron chi connectivity index (χ1n) is 2.97. The summed E-state index contributed by atoms with van der Waals surface area (Å²) in [6.45, 7) is 1.74. The van der Waals surface area contributed by atoms with Crippen molar-refractivity contribution in [3.63, 3.8) is 0 Å². The topological polar surface area (TPSA) is 46.2 Å². The molecule has 1 aromatic carbocycles. The number of nitrogen functional groups attached to an aromatic ring is 1. The Morgan fingerprint density at radius 3 is 2.55 bits per heavy atom. The van der Waals surface area contributed by atoms with Crippen molar-refractivity contribution in [2.45, 2.75) is 6.92 Å². The number of phenols is 1. The quantitative estimate of drug-likeness (QED) is 0.490. The van der Waals surface area contributed by atoms with Crippen molar-refractivity contribution in [1.82, 2.24) is 0 Å². The molecule has 4 heteroatoms. The summed E-state index contributed by atoms with van der Waals surface area (Å²) < 4.78 is 0. The maximum absolute atomic E-state index is 9.11. The molecule has 0 unspecified atom stereocenters. The van der Waals surface area contributed by atoms with E-state index >= 15 is 0 Å². The van der Waals surface area contributed by atoms with Gasteiger partial charge in [0.1, 0.15) is 5.75 Å². The van der Waals surface area contributed by atoms with Gasteiger partial charge >= 0.3 is 0 Å². The lowest BCUT2D eigenvalue weighted by Crippen LogP contribution is -1.90. The highest BCUT2D eigenvalue weighted by molar-refractivity contribution is 6.38. The fraction of sp³-hybridized carbons (Fsp3) is 0.143. The molecule has 0 spiro atoms. The summed E-state index contributed by atoms with van der Waals surface area (Å²) in [5.41, 5.74) is 6.27. The SMILES string of the molecule is Cc1c(Cl)cc(O)c(N)c1Cl. The Morgan fingerprint density at radius 1 is 1.45 bits per heavy atom. The normalized spacial score (nSPS) is 10.1. The Labute approximate surface area is 74.5 Å². The van der Waals surface area contributed by atoms with E-state index in [-0.39, 0.29) is 11.4 Å². The molecule has 0 aliphatic rings. The van der Waals surface area contributed by atoms with Gasteiger partial charge in [0, 0.05) is 11.1 Å². The van der Waals surface area contributed by atoms with Crippen LogP contribution in [-0.2, 0) is 0 Å². The van der Waals surface area contributed by atoms with Crippen LogP contribution in [0.25, 0.3) is 0 Å². The van der Waals surface area contributed by atoms with Gasteiger partial charge in [0.25, 0.3) is 0 Å². The average molecular weight is 192 g/mol. The lowest BCUT2D eigenvalue weighted by Gasteiger charge is -2.05. The second-order valence-corrected chi connectivity index (χ2v) is 3.02. The van der Waals surface area contributed by atoms with Gasteiger partial charge in [-0.1, -0.05) is 23.2 Å². The summed E-state index contributed by atoms with van der Waals surface area (Å²) in [6.07, 6.45) is 0. The number of aromatic hydroxyl groups is 1. The second-order valence-electron chi connectivity index (χ2n) is 2.23. The van der Waals surface area contributed by atoms with Crippen LogP contribution in [0.2, 0.25) is 10.0 Å². The van der Waals surface area contributed by atoms with Crippen LogP contribution in [0.15, 0.2) is 6.07 Å². The Hall–Kier alpha value is -0.600. The van der Waals surface area contributed by atoms with Gasteiger partial charge in [-0.2, -0.15) is 0 Å². The Kier molecular flexibility index (Phi) is 2.16. The third-order valence-electron chi connectivity index (χ3n) is 1.46. The minimum atomic E-state index is -0.0781. The summed E-state index contributed by atoms with van der Waals surface area (Å²) >= 11 is 11.4. The Balaban J connectivity index is 3.46. The van der Waals surface area contributed by atoms with Crippen LogP contribution in [0, 0.1) is 6.92 Å². The number of rotatable bonds is 0. The minimum Gasteiger partial charge on any atom is -0.506 e. The minimum absolute atomic E-state index is 0.0781. The molecular formula is C7H7Cl2NO. The van der Waals surface area contributed by atoms with E-state index in [1.165, 1.54) is 6.07 Å². The van der Waals surface area contributed by atoms with Crippen LogP contribution < -0.4 is 5.73 Å². The lowest BCUT2D eigenvalue weighted by molar-refractivity contribution is 0.478. The zero-order chi connectivity index (χ0) is 8.59. The van der Waals surface area contributed by atoms with Crippen molar-refractivity contribution in [1.29, 1.82) is 0 Å². The molecule has 3 N–H and O–H groups in total. The largest absolute Gasteiger partial charge is 0.506 e. The molecule has 1 rings (SSSR count). The Morgan fingerprint density at radius 2 is 2.00 bits per heavy atom. The number of nitrogens with two attached hydrogens (primary N) is 1. The fourth-order valence-electron chi connectivity index (χ4n) is 0.725. The van der Waals surface area contributed by atoms with Gasteiger partial charge in [-0.15, -0.1) is 0 Å². The monoisotopic (exact) mass is 191 g/mol. The van der Waals surface area contributed by atoms with Crippen molar-refractivity contribution in [2.24, 2.45) is 0 Å². The second kappa shape index (κ2) is 2.80. The predicted octanol–water partition coefficient (Wildman–Crippen LogP) is 2.59. The molecule has 0 fully saturated rings. The maximum atomic E-state index is 9.11. The first-order valence-corrected chi connectivity index (χ1v) is 3.72. The highest BCUT2D eigenvalue weighted by Crippen LogP contribution is 2.35. The van der Waals surface area contributed by atoms with Crippen LogP contribution >= 0.6 is 23.2 Å². The molecule has 60 valence electrons. The van der Waals surface area contributed by atoms with E-state index < -0.39 is 0 Å². The third-order valence-corrected chi connectivity index (χ3v) is 2.34. The predicted molar refractivity (Wildman–Crippen MR) is 47.3 cm³/mol. The van der Waals surface area contributed by atoms with Crippen molar-refractivity contribution < 1.29 is 5.11 Å². The number of phenolic OH excluding ortho intramolecular Hbond substituents is 1. The molecular weight excluding hydrogens is 185 g/mol. The fourth-order valence-corrected chi connectivity index (χ4v) is 1.17. The van der Waals surface area contributed by atoms with Gasteiger partial charge in [0.15, 0.2) is 0 Å². The van der Waals surface area contributed by atoms with Gasteiger partial charge in [-0.25, -0.2) is 0 Å². The number of anilines is 1. The molecule has 0 radical (unpaired) electrons. The summed E-state index contributed by atoms with van der Waals surface area (Å²) in [6, 6.07) is 1.37. The van der Waals surface area contributed by atoms with Crippen LogP contribution in [0.4, 0.5) is 5.69 Å². The Bertz CT molecular complexity index is 273. The molecule has 0 aliphatic heterocycles. The standard InChI is InChI=1S/C7H7Cl2NO/c1-3-4(8)2-5(11)7(10)6(3)9/h2,11H,10H2,1H3. The van der Waals surface area contributed by atoms with E-state index in [0.29, 0.717) is 15.6 Å². The van der Waals surface area contributed by atoms with Crippen molar-refractivity contribution >= 4 is 28.9 Å². The molecule has 11 heavy (non-hydrogen) atoms. The van der Waals surface area contributed by atoms with E-state index in [1.54, 1.807) is 6.92 Å². The lowest BCUT2D eigenvalue weighted by atomic mass is 10.2. The smallest absolute Gasteiger partial charge is 0.141 e. The van der Waals surface area contributed by atoms with Crippen LogP contribution in [0.5, 0.6) is 5.75 Å². The van der Waals surface area contributed by atoms with Crippen molar-refractivity contribution in [2.75, 3.05) is 5.73 Å². The molecule has 0 bridgehead atoms. The summed E-state index contributed by atoms with van der Waals surface area (Å²) in [4.78, 5) is 0. The molecule has 0 aromatic heterocycles. The van der Waals surface area contributed by atoms with Crippen molar-refractivity contribution in [3.8, 4) is 5.75 Å². The zero-order valence-electron chi connectivity index (χ0n) is 5.86. The first-order chi connectivity index (χ1) is 5.04. The maximum Gasteiger partial charge on any atom is 0.141 e. The molecule has 0 saturated carbocycles. The van der Waals surface area contributed by atoms with E-state index in [1.807, 2.05) is 0 Å². The zero-order valence-corrected chi connectivity index (χ0v) is 7.37. The highest BCUT2D eigenvalue weighted by Gasteiger charge is 2.08. The summed E-state index contributed by atoms with van der Waals surface area (Å²) in [7, 11) is 0. The molecule has 0 heterocycles. The van der Waals surface area contributed by atoms with Gasteiger partial charge in [-0.3, -0.25) is 0 Å². The molecule has 1 aromatic rings. The van der Waals surface area contributed by atoms with Gasteiger partial charge < -0.3 is 10.8 Å². The van der Waals surface area contributed by atoms with Gasteiger partial charge in [0.2, 0.25) is 0 Å². The molecule has 0 amide bonds. The molecule has 0 saturated heterocycles. The van der Waals surface area contributed by atoms with Crippen LogP contribution in [0.3, 0.4) is 0 Å². The van der Waals surface area contributed by atoms with Crippen LogP contribution in [0.1, 0.15) is 5.56 Å². The van der Waals surface area contributed by atoms with E-state index in [0.717, 1.165) is 0 Å². The van der Waals surface area contributed by atoms with Crippen molar-refractivity contribution in [3.05, 3.63) is 21.7 Å². The molecule has 2 nitrogen and oxygen atoms in total. The third kappa shape index (κ3) is 1.37. The van der Waals surface area contributed by atoms with E-state index in [4.69, 9.17) is 34.0 Å². The highest BCUT2D eigenvalue weighted by atomic mass is 35.5. The molecule has 0 aliphatic carbocycles. The number of hydrogen-bond donors (Lipinski definition) is 2. The summed E-state index contributed by atoms with van der Waals surface area (Å²) in [5, 5.41) is 9.84. The van der Waals surface area contributed by atoms with E-state index in [2.05, 4.69) is 0 Å². The first kappa shape index (κ1) is 8.50.